The van der Waals surface area contributed by atoms with Crippen molar-refractivity contribution in [3.63, 3.8) is 0 Å². The highest BCUT2D eigenvalue weighted by Crippen LogP contribution is 2.53. The number of hydrogen-bond donors (Lipinski definition) is 1. The first-order valence-corrected chi connectivity index (χ1v) is 12.5. The Morgan fingerprint density at radius 2 is 1.77 bits per heavy atom. The zero-order valence-electron chi connectivity index (χ0n) is 18.4. The van der Waals surface area contributed by atoms with Gasteiger partial charge in [0, 0.05) is 10.8 Å². The molecule has 0 radical (unpaired) electrons. The molecule has 2 aromatic carbocycles. The number of amides is 2. The molecule has 3 aromatic rings. The highest BCUT2D eigenvalue weighted by Gasteiger charge is 2.56. The maximum Gasteiger partial charge on any atom is 0.344 e. The Morgan fingerprint density at radius 1 is 1.06 bits per heavy atom. The van der Waals surface area contributed by atoms with E-state index in [-0.39, 0.29) is 18.1 Å². The fourth-order valence-corrected chi connectivity index (χ4v) is 6.85. The van der Waals surface area contributed by atoms with Crippen LogP contribution in [0.15, 0.2) is 58.4 Å². The number of anilines is 1. The van der Waals surface area contributed by atoms with Crippen molar-refractivity contribution in [2.75, 3.05) is 18.1 Å². The van der Waals surface area contributed by atoms with Crippen molar-refractivity contribution in [3.8, 4) is 5.75 Å². The van der Waals surface area contributed by atoms with Gasteiger partial charge in [-0.3, -0.25) is 14.4 Å². The molecule has 2 aliphatic rings. The molecule has 0 spiro atoms. The molecule has 1 aromatic heterocycles. The molecule has 1 fully saturated rings. The van der Waals surface area contributed by atoms with Gasteiger partial charge >= 0.3 is 10.8 Å². The minimum Gasteiger partial charge on any atom is -0.482 e. The lowest BCUT2D eigenvalue weighted by Crippen LogP contribution is -2.32. The Bertz CT molecular complexity index is 1350. The van der Waals surface area contributed by atoms with Crippen LogP contribution in [0.25, 0.3) is 0 Å². The van der Waals surface area contributed by atoms with E-state index in [1.807, 2.05) is 0 Å². The molecule has 35 heavy (non-hydrogen) atoms. The highest BCUT2D eigenvalue weighted by molar-refractivity contribution is 8.00. The number of hydrogen-bond acceptors (Lipinski definition) is 8. The molecule has 8 nitrogen and oxygen atoms in total. The second-order valence-corrected chi connectivity index (χ2v) is 10.1. The second-order valence-electron chi connectivity index (χ2n) is 7.90. The van der Waals surface area contributed by atoms with Crippen molar-refractivity contribution in [2.24, 2.45) is 5.92 Å². The molecule has 3 heterocycles. The molecule has 3 atom stereocenters. The summed E-state index contributed by atoms with van der Waals surface area (Å²) >= 11 is 2.18. The van der Waals surface area contributed by atoms with Gasteiger partial charge in [0.1, 0.15) is 16.8 Å². The minimum atomic E-state index is -0.747. The number of benzene rings is 2. The smallest absolute Gasteiger partial charge is 0.344 e. The Morgan fingerprint density at radius 3 is 2.46 bits per heavy atom. The van der Waals surface area contributed by atoms with E-state index in [0.29, 0.717) is 21.3 Å². The van der Waals surface area contributed by atoms with Crippen molar-refractivity contribution < 1.29 is 28.2 Å². The van der Waals surface area contributed by atoms with E-state index in [1.165, 1.54) is 36.0 Å². The normalized spacial score (nSPS) is 21.0. The molecule has 1 N–H and O–H groups in total. The molecule has 2 unspecified atom stereocenters. The van der Waals surface area contributed by atoms with Crippen LogP contribution < -0.4 is 14.5 Å². The molecule has 0 saturated carbocycles. The third-order valence-corrected chi connectivity index (χ3v) is 8.21. The van der Waals surface area contributed by atoms with Gasteiger partial charge in [0.15, 0.2) is 6.61 Å². The van der Waals surface area contributed by atoms with E-state index in [1.54, 1.807) is 31.2 Å². The van der Waals surface area contributed by atoms with Gasteiger partial charge in [-0.1, -0.05) is 35.2 Å². The summed E-state index contributed by atoms with van der Waals surface area (Å²) in [5, 5.41) is -0.175. The Hall–Kier alpha value is -3.44. The third-order valence-electron chi connectivity index (χ3n) is 5.81. The Balaban J connectivity index is 1.49. The summed E-state index contributed by atoms with van der Waals surface area (Å²) in [6, 6.07) is 12.0. The first kappa shape index (κ1) is 23.3. The molecule has 2 amide bonds. The SMILES string of the molecule is CCOC(=O)COc1ccc([C@H]2c3sc(=O)[nH]c3SC3C(=O)N(c4ccc(F)cc4)C(=O)C32)cc1. The first-order chi connectivity index (χ1) is 16.9. The van der Waals surface area contributed by atoms with Crippen LogP contribution >= 0.6 is 23.1 Å². The monoisotopic (exact) mass is 514 g/mol. The predicted octanol–water partition coefficient (Wildman–Crippen LogP) is 3.31. The van der Waals surface area contributed by atoms with Crippen LogP contribution in [0.3, 0.4) is 0 Å². The molecule has 11 heteroatoms. The van der Waals surface area contributed by atoms with E-state index < -0.39 is 40.7 Å². The van der Waals surface area contributed by atoms with Gasteiger partial charge in [0.25, 0.3) is 0 Å². The van der Waals surface area contributed by atoms with E-state index in [2.05, 4.69) is 4.98 Å². The number of H-pyrrole nitrogens is 1. The summed E-state index contributed by atoms with van der Waals surface area (Å²) < 4.78 is 23.7. The number of carbonyl (C=O) groups is 3. The van der Waals surface area contributed by atoms with Gasteiger partial charge in [-0.15, -0.1) is 0 Å². The molecule has 5 rings (SSSR count). The fourth-order valence-electron chi connectivity index (χ4n) is 4.34. The van der Waals surface area contributed by atoms with Crippen molar-refractivity contribution in [2.45, 2.75) is 23.1 Å². The maximum atomic E-state index is 13.6. The number of ether oxygens (including phenoxy) is 2. The number of nitrogens with zero attached hydrogens (tertiary/aromatic N) is 1. The van der Waals surface area contributed by atoms with E-state index in [9.17, 15) is 23.6 Å². The summed E-state index contributed by atoms with van der Waals surface area (Å²) in [5.41, 5.74) is 1.03. The predicted molar refractivity (Wildman–Crippen MR) is 127 cm³/mol. The number of thioether (sulfide) groups is 1. The van der Waals surface area contributed by atoms with Crippen LogP contribution in [0.5, 0.6) is 5.75 Å². The number of aromatic nitrogens is 1. The Kier molecular flexibility index (Phi) is 6.20. The molecule has 0 aliphatic carbocycles. The number of imide groups is 1. The van der Waals surface area contributed by atoms with Gasteiger partial charge in [0.05, 0.1) is 23.2 Å². The van der Waals surface area contributed by atoms with Crippen molar-refractivity contribution >= 4 is 46.6 Å². The molecular weight excluding hydrogens is 495 g/mol. The second kappa shape index (κ2) is 9.31. The number of halogens is 1. The number of thiazole rings is 1. The lowest BCUT2D eigenvalue weighted by Gasteiger charge is -2.29. The number of aromatic amines is 1. The number of nitrogens with one attached hydrogen (secondary N) is 1. The summed E-state index contributed by atoms with van der Waals surface area (Å²) in [6.07, 6.45) is 0. The molecular formula is C24H19FN2O6S2. The quantitative estimate of drug-likeness (QED) is 0.397. The Labute approximate surface area is 207 Å². The summed E-state index contributed by atoms with van der Waals surface area (Å²) in [4.78, 5) is 54.9. The third kappa shape index (κ3) is 4.25. The molecule has 180 valence electrons. The van der Waals surface area contributed by atoms with Crippen LogP contribution in [0, 0.1) is 11.7 Å². The number of fused-ring (bicyclic) bond motifs is 2. The lowest BCUT2D eigenvalue weighted by atomic mass is 9.83. The minimum absolute atomic E-state index is 0.235. The zero-order valence-corrected chi connectivity index (χ0v) is 20.0. The molecule has 1 saturated heterocycles. The summed E-state index contributed by atoms with van der Waals surface area (Å²) in [6.45, 7) is 1.73. The largest absolute Gasteiger partial charge is 0.482 e. The van der Waals surface area contributed by atoms with Crippen LogP contribution in [0.1, 0.15) is 23.3 Å². The van der Waals surface area contributed by atoms with Crippen LogP contribution in [-0.4, -0.2) is 41.2 Å². The van der Waals surface area contributed by atoms with Gasteiger partial charge in [0.2, 0.25) is 11.8 Å². The zero-order chi connectivity index (χ0) is 24.7. The average Bonchev–Trinajstić information content (AvgIpc) is 3.33. The standard InChI is InChI=1S/C24H19FN2O6S2/c1-2-32-16(28)11-33-15-9-3-12(4-10-15)17-18-20(34-21-19(17)35-24(31)26-21)23(30)27(22(18)29)14-7-5-13(25)6-8-14/h3-10,17-18,20H,2,11H2,1H3,(H,26,31)/t17-,18?,20?/m1/s1. The van der Waals surface area contributed by atoms with E-state index in [0.717, 1.165) is 21.8 Å². The van der Waals surface area contributed by atoms with Crippen molar-refractivity contribution in [1.82, 2.24) is 4.98 Å². The topological polar surface area (TPSA) is 106 Å². The maximum absolute atomic E-state index is 13.6. The van der Waals surface area contributed by atoms with Gasteiger partial charge < -0.3 is 14.5 Å². The highest BCUT2D eigenvalue weighted by atomic mass is 32.2. The van der Waals surface area contributed by atoms with Crippen molar-refractivity contribution in [1.29, 1.82) is 0 Å². The average molecular weight is 515 g/mol. The van der Waals surface area contributed by atoms with Crippen LogP contribution in [0.4, 0.5) is 10.1 Å². The van der Waals surface area contributed by atoms with Crippen LogP contribution in [0.2, 0.25) is 0 Å². The molecule has 2 aliphatic heterocycles. The van der Waals surface area contributed by atoms with E-state index in [4.69, 9.17) is 9.47 Å². The fraction of sp³-hybridized carbons (Fsp3) is 0.250. The van der Waals surface area contributed by atoms with Crippen molar-refractivity contribution in [3.05, 3.63) is 74.5 Å². The number of esters is 1. The van der Waals surface area contributed by atoms with E-state index >= 15 is 0 Å². The summed E-state index contributed by atoms with van der Waals surface area (Å²) in [5.74, 6) is -2.62. The number of carbonyl (C=O) groups excluding carboxylic acids is 3. The van der Waals surface area contributed by atoms with Gasteiger partial charge in [-0.2, -0.15) is 0 Å². The van der Waals surface area contributed by atoms with Gasteiger partial charge in [-0.25, -0.2) is 14.1 Å². The summed E-state index contributed by atoms with van der Waals surface area (Å²) in [7, 11) is 0. The lowest BCUT2D eigenvalue weighted by molar-refractivity contribution is -0.145. The first-order valence-electron chi connectivity index (χ1n) is 10.8. The van der Waals surface area contributed by atoms with Crippen LogP contribution in [-0.2, 0) is 19.1 Å². The molecule has 0 bridgehead atoms. The van der Waals surface area contributed by atoms with Gasteiger partial charge in [-0.05, 0) is 48.9 Å². The number of rotatable bonds is 6.